The molecular formula is C12H14N2. The van der Waals surface area contributed by atoms with E-state index in [-0.39, 0.29) is 0 Å². The molecule has 0 atom stereocenters. The predicted octanol–water partition coefficient (Wildman–Crippen LogP) is 2.89. The van der Waals surface area contributed by atoms with E-state index in [9.17, 15) is 0 Å². The van der Waals surface area contributed by atoms with Crippen LogP contribution in [0.3, 0.4) is 0 Å². The molecule has 0 radical (unpaired) electrons. The van der Waals surface area contributed by atoms with Gasteiger partial charge in [-0.2, -0.15) is 0 Å². The number of aromatic nitrogens is 1. The summed E-state index contributed by atoms with van der Waals surface area (Å²) in [6.07, 6.45) is 0. The first-order chi connectivity index (χ1) is 6.70. The number of pyridine rings is 1. The summed E-state index contributed by atoms with van der Waals surface area (Å²) in [5.74, 6) is 0. The van der Waals surface area contributed by atoms with Crippen LogP contribution in [-0.4, -0.2) is 12.0 Å². The van der Waals surface area contributed by atoms with Gasteiger partial charge in [0.1, 0.15) is 0 Å². The minimum absolute atomic E-state index is 1.05. The third-order valence-corrected chi connectivity index (χ3v) is 2.36. The molecule has 0 fully saturated rings. The van der Waals surface area contributed by atoms with Gasteiger partial charge >= 0.3 is 0 Å². The van der Waals surface area contributed by atoms with Crippen LogP contribution in [0.4, 0.5) is 5.69 Å². The molecule has 0 bridgehead atoms. The SMILES string of the molecule is CNc1cc(C)nc2ccc(C)cc12. The summed E-state index contributed by atoms with van der Waals surface area (Å²) >= 11 is 0. The molecule has 72 valence electrons. The number of aryl methyl sites for hydroxylation is 2. The Kier molecular flexibility index (Phi) is 2.12. The number of hydrogen-bond acceptors (Lipinski definition) is 2. The van der Waals surface area contributed by atoms with Crippen LogP contribution in [0.5, 0.6) is 0 Å². The molecule has 0 aliphatic rings. The highest BCUT2D eigenvalue weighted by Gasteiger charge is 2.01. The van der Waals surface area contributed by atoms with Crippen molar-refractivity contribution in [3.63, 3.8) is 0 Å². The van der Waals surface area contributed by atoms with Gasteiger partial charge in [-0.3, -0.25) is 4.98 Å². The zero-order chi connectivity index (χ0) is 10.1. The number of rotatable bonds is 1. The van der Waals surface area contributed by atoms with Gasteiger partial charge in [-0.25, -0.2) is 0 Å². The molecule has 1 heterocycles. The summed E-state index contributed by atoms with van der Waals surface area (Å²) in [4.78, 5) is 4.49. The molecule has 14 heavy (non-hydrogen) atoms. The van der Waals surface area contributed by atoms with E-state index in [1.54, 1.807) is 0 Å². The number of nitrogens with one attached hydrogen (secondary N) is 1. The Morgan fingerprint density at radius 1 is 1.14 bits per heavy atom. The van der Waals surface area contributed by atoms with Gasteiger partial charge in [-0.05, 0) is 32.0 Å². The molecule has 2 aromatic rings. The van der Waals surface area contributed by atoms with E-state index >= 15 is 0 Å². The van der Waals surface area contributed by atoms with E-state index in [1.165, 1.54) is 10.9 Å². The van der Waals surface area contributed by atoms with Crippen molar-refractivity contribution in [3.05, 3.63) is 35.5 Å². The Bertz CT molecular complexity index is 475. The smallest absolute Gasteiger partial charge is 0.0726 e. The van der Waals surface area contributed by atoms with Crippen molar-refractivity contribution in [2.24, 2.45) is 0 Å². The largest absolute Gasteiger partial charge is 0.388 e. The van der Waals surface area contributed by atoms with E-state index in [0.29, 0.717) is 0 Å². The number of hydrogen-bond donors (Lipinski definition) is 1. The Morgan fingerprint density at radius 2 is 1.93 bits per heavy atom. The molecule has 1 aromatic carbocycles. The van der Waals surface area contributed by atoms with Crippen LogP contribution < -0.4 is 5.32 Å². The van der Waals surface area contributed by atoms with E-state index in [1.807, 2.05) is 14.0 Å². The summed E-state index contributed by atoms with van der Waals surface area (Å²) in [5.41, 5.74) is 4.52. The average molecular weight is 186 g/mol. The summed E-state index contributed by atoms with van der Waals surface area (Å²) < 4.78 is 0. The maximum absolute atomic E-state index is 4.49. The maximum atomic E-state index is 4.49. The minimum atomic E-state index is 1.05. The fourth-order valence-electron chi connectivity index (χ4n) is 1.68. The number of nitrogens with zero attached hydrogens (tertiary/aromatic N) is 1. The molecule has 2 rings (SSSR count). The molecule has 1 N–H and O–H groups in total. The zero-order valence-electron chi connectivity index (χ0n) is 8.76. The number of fused-ring (bicyclic) bond motifs is 1. The van der Waals surface area contributed by atoms with Gasteiger partial charge in [0.15, 0.2) is 0 Å². The lowest BCUT2D eigenvalue weighted by Crippen LogP contribution is -1.93. The summed E-state index contributed by atoms with van der Waals surface area (Å²) in [6.45, 7) is 4.11. The first-order valence-corrected chi connectivity index (χ1v) is 4.76. The molecule has 0 aliphatic heterocycles. The predicted molar refractivity (Wildman–Crippen MR) is 60.8 cm³/mol. The van der Waals surface area contributed by atoms with Gasteiger partial charge in [-0.1, -0.05) is 11.6 Å². The van der Waals surface area contributed by atoms with Crippen LogP contribution in [0.25, 0.3) is 10.9 Å². The zero-order valence-corrected chi connectivity index (χ0v) is 8.76. The maximum Gasteiger partial charge on any atom is 0.0726 e. The second-order valence-corrected chi connectivity index (χ2v) is 3.58. The first-order valence-electron chi connectivity index (χ1n) is 4.76. The minimum Gasteiger partial charge on any atom is -0.388 e. The van der Waals surface area contributed by atoms with Gasteiger partial charge in [0.05, 0.1) is 5.52 Å². The number of benzene rings is 1. The molecule has 0 saturated carbocycles. The first kappa shape index (κ1) is 9.00. The third kappa shape index (κ3) is 1.43. The summed E-state index contributed by atoms with van der Waals surface area (Å²) in [6, 6.07) is 8.39. The second kappa shape index (κ2) is 3.29. The van der Waals surface area contributed by atoms with E-state index in [2.05, 4.69) is 41.5 Å². The molecule has 0 amide bonds. The fraction of sp³-hybridized carbons (Fsp3) is 0.250. The average Bonchev–Trinajstić information content (AvgIpc) is 2.17. The van der Waals surface area contributed by atoms with Crippen molar-refractivity contribution >= 4 is 16.6 Å². The Labute approximate surface area is 84.0 Å². The second-order valence-electron chi connectivity index (χ2n) is 3.58. The van der Waals surface area contributed by atoms with Gasteiger partial charge in [0.25, 0.3) is 0 Å². The monoisotopic (exact) mass is 186 g/mol. The van der Waals surface area contributed by atoms with E-state index in [0.717, 1.165) is 16.9 Å². The third-order valence-electron chi connectivity index (χ3n) is 2.36. The van der Waals surface area contributed by atoms with Crippen LogP contribution in [0.1, 0.15) is 11.3 Å². The normalized spacial score (nSPS) is 10.5. The molecule has 2 nitrogen and oxygen atoms in total. The van der Waals surface area contributed by atoms with Crippen molar-refractivity contribution in [2.45, 2.75) is 13.8 Å². The highest BCUT2D eigenvalue weighted by molar-refractivity contribution is 5.91. The highest BCUT2D eigenvalue weighted by atomic mass is 14.8. The fourth-order valence-corrected chi connectivity index (χ4v) is 1.68. The molecule has 2 heteroatoms. The lowest BCUT2D eigenvalue weighted by molar-refractivity contribution is 1.25. The van der Waals surface area contributed by atoms with E-state index < -0.39 is 0 Å². The topological polar surface area (TPSA) is 24.9 Å². The molecule has 0 unspecified atom stereocenters. The number of anilines is 1. The van der Waals surface area contributed by atoms with Crippen molar-refractivity contribution in [2.75, 3.05) is 12.4 Å². The molecule has 1 aromatic heterocycles. The van der Waals surface area contributed by atoms with Crippen LogP contribution in [0, 0.1) is 13.8 Å². The van der Waals surface area contributed by atoms with Crippen LogP contribution >= 0.6 is 0 Å². The van der Waals surface area contributed by atoms with Crippen molar-refractivity contribution < 1.29 is 0 Å². The lowest BCUT2D eigenvalue weighted by atomic mass is 10.1. The van der Waals surface area contributed by atoms with E-state index in [4.69, 9.17) is 0 Å². The van der Waals surface area contributed by atoms with Gasteiger partial charge in [0, 0.05) is 23.8 Å². The summed E-state index contributed by atoms with van der Waals surface area (Å²) in [7, 11) is 1.94. The molecule has 0 spiro atoms. The molecule has 0 aliphatic carbocycles. The van der Waals surface area contributed by atoms with Gasteiger partial charge in [0.2, 0.25) is 0 Å². The van der Waals surface area contributed by atoms with Crippen molar-refractivity contribution in [3.8, 4) is 0 Å². The van der Waals surface area contributed by atoms with Gasteiger partial charge in [-0.15, -0.1) is 0 Å². The van der Waals surface area contributed by atoms with Crippen LogP contribution in [0.2, 0.25) is 0 Å². The Morgan fingerprint density at radius 3 is 2.64 bits per heavy atom. The van der Waals surface area contributed by atoms with Crippen LogP contribution in [-0.2, 0) is 0 Å². The van der Waals surface area contributed by atoms with Gasteiger partial charge < -0.3 is 5.32 Å². The lowest BCUT2D eigenvalue weighted by Gasteiger charge is -2.07. The molecule has 0 saturated heterocycles. The Hall–Kier alpha value is -1.57. The summed E-state index contributed by atoms with van der Waals surface area (Å²) in [5, 5.41) is 4.39. The highest BCUT2D eigenvalue weighted by Crippen LogP contribution is 2.23. The van der Waals surface area contributed by atoms with Crippen molar-refractivity contribution in [1.82, 2.24) is 4.98 Å². The quantitative estimate of drug-likeness (QED) is 0.740. The standard InChI is InChI=1S/C12H14N2/c1-8-4-5-11-10(6-8)12(13-3)7-9(2)14-11/h4-7H,1-3H3,(H,13,14). The Balaban J connectivity index is 2.81. The molecular weight excluding hydrogens is 172 g/mol. The van der Waals surface area contributed by atoms with Crippen molar-refractivity contribution in [1.29, 1.82) is 0 Å². The van der Waals surface area contributed by atoms with Crippen LogP contribution in [0.15, 0.2) is 24.3 Å².